The van der Waals surface area contributed by atoms with Gasteiger partial charge in [-0.1, -0.05) is 25.1 Å². The maximum absolute atomic E-state index is 15.2. The first kappa shape index (κ1) is 18.3. The Morgan fingerprint density at radius 1 is 1.36 bits per heavy atom. The fraction of sp³-hybridized carbons (Fsp3) is 0.611. The predicted molar refractivity (Wildman–Crippen MR) is 93.4 cm³/mol. The van der Waals surface area contributed by atoms with Crippen LogP contribution in [0.5, 0.6) is 0 Å². The predicted octanol–water partition coefficient (Wildman–Crippen LogP) is 2.27. The molecule has 0 bridgehead atoms. The second-order valence-electron chi connectivity index (χ2n) is 7.02. The molecule has 3 rings (SSSR count). The summed E-state index contributed by atoms with van der Waals surface area (Å²) < 4.78 is 42.3. The quantitative estimate of drug-likeness (QED) is 0.838. The van der Waals surface area contributed by atoms with Crippen LogP contribution in [0.25, 0.3) is 0 Å². The molecule has 1 saturated heterocycles. The van der Waals surface area contributed by atoms with Crippen LogP contribution in [0.4, 0.5) is 4.39 Å². The molecule has 1 aromatic carbocycles. The standard InChI is InChI=1S/C18H25FN2O3S/c1-2-15-6-3-4-7-16(15)25(23,24)21-11-5-10-18(19,13-21)17(22)20-12-14-8-9-14/h3-4,6-7,14H,2,5,8-13H2,1H3,(H,20,22). The number of alkyl halides is 1. The summed E-state index contributed by atoms with van der Waals surface area (Å²) in [4.78, 5) is 12.5. The highest BCUT2D eigenvalue weighted by molar-refractivity contribution is 7.89. The van der Waals surface area contributed by atoms with E-state index in [4.69, 9.17) is 0 Å². The van der Waals surface area contributed by atoms with Crippen LogP contribution in [0.2, 0.25) is 0 Å². The lowest BCUT2D eigenvalue weighted by Gasteiger charge is -2.35. The number of hydrogen-bond donors (Lipinski definition) is 1. The van der Waals surface area contributed by atoms with Crippen molar-refractivity contribution < 1.29 is 17.6 Å². The van der Waals surface area contributed by atoms with Crippen molar-refractivity contribution in [2.75, 3.05) is 19.6 Å². The minimum Gasteiger partial charge on any atom is -0.353 e. The van der Waals surface area contributed by atoms with Crippen LogP contribution in [-0.4, -0.2) is 43.9 Å². The Kier molecular flexibility index (Phi) is 5.16. The summed E-state index contributed by atoms with van der Waals surface area (Å²) in [6.45, 7) is 2.19. The molecule has 1 heterocycles. The molecule has 1 aromatic rings. The van der Waals surface area contributed by atoms with Gasteiger partial charge in [0.15, 0.2) is 0 Å². The molecule has 1 amide bonds. The van der Waals surface area contributed by atoms with Gasteiger partial charge in [0.1, 0.15) is 0 Å². The van der Waals surface area contributed by atoms with Crippen molar-refractivity contribution in [3.8, 4) is 0 Å². The van der Waals surface area contributed by atoms with E-state index in [0.29, 0.717) is 30.9 Å². The van der Waals surface area contributed by atoms with Crippen molar-refractivity contribution in [1.82, 2.24) is 9.62 Å². The van der Waals surface area contributed by atoms with E-state index in [1.165, 1.54) is 0 Å². The number of hydrogen-bond acceptors (Lipinski definition) is 3. The van der Waals surface area contributed by atoms with Crippen molar-refractivity contribution >= 4 is 15.9 Å². The molecule has 0 spiro atoms. The van der Waals surface area contributed by atoms with Crippen molar-refractivity contribution in [1.29, 1.82) is 0 Å². The molecule has 1 aliphatic heterocycles. The van der Waals surface area contributed by atoms with Crippen LogP contribution in [0.3, 0.4) is 0 Å². The topological polar surface area (TPSA) is 66.5 Å². The second-order valence-corrected chi connectivity index (χ2v) is 8.93. The van der Waals surface area contributed by atoms with Crippen LogP contribution in [0, 0.1) is 5.92 Å². The highest BCUT2D eigenvalue weighted by Gasteiger charge is 2.46. The van der Waals surface area contributed by atoms with E-state index in [2.05, 4.69) is 5.32 Å². The molecule has 1 atom stereocenters. The molecule has 1 aliphatic carbocycles. The number of rotatable bonds is 6. The zero-order valence-corrected chi connectivity index (χ0v) is 15.3. The zero-order valence-electron chi connectivity index (χ0n) is 14.5. The first-order valence-corrected chi connectivity index (χ1v) is 10.4. The van der Waals surface area contributed by atoms with Gasteiger partial charge in [0.2, 0.25) is 15.7 Å². The molecule has 5 nitrogen and oxygen atoms in total. The molecule has 25 heavy (non-hydrogen) atoms. The van der Waals surface area contributed by atoms with Gasteiger partial charge in [-0.15, -0.1) is 0 Å². The summed E-state index contributed by atoms with van der Waals surface area (Å²) >= 11 is 0. The monoisotopic (exact) mass is 368 g/mol. The Balaban J connectivity index is 1.78. The summed E-state index contributed by atoms with van der Waals surface area (Å²) in [5.41, 5.74) is -1.45. The van der Waals surface area contributed by atoms with Crippen molar-refractivity contribution in [2.45, 2.75) is 49.6 Å². The normalized spacial score (nSPS) is 24.9. The molecule has 1 N–H and O–H groups in total. The van der Waals surface area contributed by atoms with E-state index in [1.54, 1.807) is 24.3 Å². The number of aryl methyl sites for hydroxylation is 1. The lowest BCUT2D eigenvalue weighted by atomic mass is 9.95. The number of carbonyl (C=O) groups excluding carboxylic acids is 1. The Morgan fingerprint density at radius 3 is 2.76 bits per heavy atom. The third-order valence-corrected chi connectivity index (χ3v) is 6.98. The summed E-state index contributed by atoms with van der Waals surface area (Å²) in [5.74, 6) is -0.226. The molecule has 0 aromatic heterocycles. The van der Waals surface area contributed by atoms with Gasteiger partial charge in [-0.3, -0.25) is 4.79 Å². The van der Waals surface area contributed by atoms with Crippen LogP contribution in [0.1, 0.15) is 38.2 Å². The van der Waals surface area contributed by atoms with E-state index in [1.807, 2.05) is 6.92 Å². The molecule has 2 fully saturated rings. The van der Waals surface area contributed by atoms with Gasteiger partial charge in [0, 0.05) is 13.1 Å². The van der Waals surface area contributed by atoms with Crippen LogP contribution in [0.15, 0.2) is 29.2 Å². The Morgan fingerprint density at radius 2 is 2.08 bits per heavy atom. The molecule has 0 radical (unpaired) electrons. The average Bonchev–Trinajstić information content (AvgIpc) is 3.44. The van der Waals surface area contributed by atoms with Crippen molar-refractivity contribution in [2.24, 2.45) is 5.92 Å². The van der Waals surface area contributed by atoms with Crippen molar-refractivity contribution in [3.05, 3.63) is 29.8 Å². The molecule has 2 aliphatic rings. The first-order valence-electron chi connectivity index (χ1n) is 8.92. The number of sulfonamides is 1. The SMILES string of the molecule is CCc1ccccc1S(=O)(=O)N1CCCC(F)(C(=O)NCC2CC2)C1. The number of nitrogens with zero attached hydrogens (tertiary/aromatic N) is 1. The Bertz CT molecular complexity index is 748. The summed E-state index contributed by atoms with van der Waals surface area (Å²) in [5, 5.41) is 2.65. The van der Waals surface area contributed by atoms with Crippen molar-refractivity contribution in [3.63, 3.8) is 0 Å². The lowest BCUT2D eigenvalue weighted by molar-refractivity contribution is -0.135. The summed E-state index contributed by atoms with van der Waals surface area (Å²) in [7, 11) is -3.81. The minimum atomic E-state index is -3.81. The Labute approximate surface area is 148 Å². The van der Waals surface area contributed by atoms with Gasteiger partial charge >= 0.3 is 0 Å². The fourth-order valence-electron chi connectivity index (χ4n) is 3.27. The number of carbonyl (C=O) groups is 1. The number of halogens is 1. The van der Waals surface area contributed by atoms with Gasteiger partial charge in [-0.25, -0.2) is 12.8 Å². The van der Waals surface area contributed by atoms with Gasteiger partial charge in [0.25, 0.3) is 5.91 Å². The molecule has 1 unspecified atom stereocenters. The van der Waals surface area contributed by atoms with E-state index < -0.39 is 28.1 Å². The average molecular weight is 368 g/mol. The highest BCUT2D eigenvalue weighted by atomic mass is 32.2. The maximum Gasteiger partial charge on any atom is 0.259 e. The largest absolute Gasteiger partial charge is 0.353 e. The number of benzene rings is 1. The molecule has 7 heteroatoms. The highest BCUT2D eigenvalue weighted by Crippen LogP contribution is 2.32. The first-order chi connectivity index (χ1) is 11.9. The number of nitrogens with one attached hydrogen (secondary N) is 1. The van der Waals surface area contributed by atoms with Crippen LogP contribution >= 0.6 is 0 Å². The van der Waals surface area contributed by atoms with Gasteiger partial charge in [-0.2, -0.15) is 4.31 Å². The van der Waals surface area contributed by atoms with Gasteiger partial charge in [-0.05, 0) is 49.7 Å². The molecular weight excluding hydrogens is 343 g/mol. The minimum absolute atomic E-state index is 0.0605. The second kappa shape index (κ2) is 7.03. The summed E-state index contributed by atoms with van der Waals surface area (Å²) in [6, 6.07) is 6.78. The number of amides is 1. The van der Waals surface area contributed by atoms with Crippen LogP contribution in [-0.2, 0) is 21.2 Å². The number of piperidine rings is 1. The third kappa shape index (κ3) is 3.87. The van der Waals surface area contributed by atoms with Gasteiger partial charge < -0.3 is 5.32 Å². The third-order valence-electron chi connectivity index (χ3n) is 5.03. The molecular formula is C18H25FN2O3S. The van der Waals surface area contributed by atoms with E-state index in [0.717, 1.165) is 17.1 Å². The Hall–Kier alpha value is -1.47. The van der Waals surface area contributed by atoms with E-state index >= 15 is 4.39 Å². The molecule has 138 valence electrons. The maximum atomic E-state index is 15.2. The molecule has 1 saturated carbocycles. The summed E-state index contributed by atoms with van der Waals surface area (Å²) in [6.07, 6.45) is 3.10. The van der Waals surface area contributed by atoms with E-state index in [-0.39, 0.29) is 17.9 Å². The van der Waals surface area contributed by atoms with Crippen LogP contribution < -0.4 is 5.32 Å². The fourth-order valence-corrected chi connectivity index (χ4v) is 5.08. The lowest BCUT2D eigenvalue weighted by Crippen LogP contribution is -2.55. The van der Waals surface area contributed by atoms with Gasteiger partial charge in [0.05, 0.1) is 11.4 Å². The smallest absolute Gasteiger partial charge is 0.259 e. The van der Waals surface area contributed by atoms with E-state index in [9.17, 15) is 13.2 Å². The zero-order chi connectivity index (χ0) is 18.1.